The quantitative estimate of drug-likeness (QED) is 0.873. The van der Waals surface area contributed by atoms with Crippen molar-refractivity contribution in [1.82, 2.24) is 15.3 Å². The molecule has 0 aliphatic carbocycles. The highest BCUT2D eigenvalue weighted by Gasteiger charge is 2.09. The third-order valence-corrected chi connectivity index (χ3v) is 2.51. The Labute approximate surface area is 101 Å². The normalized spacial score (nSPS) is 12.6. The third kappa shape index (κ3) is 2.71. The van der Waals surface area contributed by atoms with Crippen LogP contribution in [0, 0.1) is 6.92 Å². The molecule has 0 amide bonds. The molecule has 1 heterocycles. The second kappa shape index (κ2) is 5.10. The van der Waals surface area contributed by atoms with Gasteiger partial charge in [-0.2, -0.15) is 0 Å². The standard InChI is InChI=1S/C13H17N3O/c1-9(8-14-3)17-13-10(2)15-11-6-4-5-7-12(11)16-13/h4-7,9,14H,8H2,1-3H3. The van der Waals surface area contributed by atoms with E-state index in [1.807, 2.05) is 45.2 Å². The summed E-state index contributed by atoms with van der Waals surface area (Å²) in [5.74, 6) is 0.617. The predicted octanol–water partition coefficient (Wildman–Crippen LogP) is 1.92. The van der Waals surface area contributed by atoms with E-state index < -0.39 is 0 Å². The first-order chi connectivity index (χ1) is 8.20. The summed E-state index contributed by atoms with van der Waals surface area (Å²) in [6.45, 7) is 4.71. The Morgan fingerprint density at radius 3 is 2.53 bits per heavy atom. The van der Waals surface area contributed by atoms with Crippen LogP contribution in [0.15, 0.2) is 24.3 Å². The van der Waals surface area contributed by atoms with Crippen molar-refractivity contribution >= 4 is 11.0 Å². The molecule has 1 aromatic heterocycles. The van der Waals surface area contributed by atoms with E-state index in [2.05, 4.69) is 15.3 Å². The van der Waals surface area contributed by atoms with Gasteiger partial charge in [-0.05, 0) is 33.0 Å². The number of likely N-dealkylation sites (N-methyl/N-ethyl adjacent to an activating group) is 1. The van der Waals surface area contributed by atoms with Crippen LogP contribution in [-0.4, -0.2) is 29.7 Å². The average molecular weight is 231 g/mol. The van der Waals surface area contributed by atoms with E-state index in [9.17, 15) is 0 Å². The second-order valence-electron chi connectivity index (χ2n) is 4.09. The molecule has 1 aromatic carbocycles. The van der Waals surface area contributed by atoms with Crippen LogP contribution in [0.4, 0.5) is 0 Å². The van der Waals surface area contributed by atoms with Crippen molar-refractivity contribution in [1.29, 1.82) is 0 Å². The van der Waals surface area contributed by atoms with Gasteiger partial charge in [-0.15, -0.1) is 0 Å². The molecule has 2 aromatic rings. The lowest BCUT2D eigenvalue weighted by molar-refractivity contribution is 0.210. The Morgan fingerprint density at radius 2 is 1.88 bits per heavy atom. The van der Waals surface area contributed by atoms with Gasteiger partial charge in [0.2, 0.25) is 5.88 Å². The molecule has 0 aliphatic heterocycles. The number of aryl methyl sites for hydroxylation is 1. The molecule has 0 spiro atoms. The van der Waals surface area contributed by atoms with E-state index in [1.54, 1.807) is 0 Å². The van der Waals surface area contributed by atoms with Gasteiger partial charge in [-0.3, -0.25) is 0 Å². The van der Waals surface area contributed by atoms with Crippen LogP contribution < -0.4 is 10.1 Å². The number of nitrogens with one attached hydrogen (secondary N) is 1. The lowest BCUT2D eigenvalue weighted by Gasteiger charge is -2.14. The van der Waals surface area contributed by atoms with Crippen LogP contribution in [0.5, 0.6) is 5.88 Å². The van der Waals surface area contributed by atoms with Crippen molar-refractivity contribution in [3.63, 3.8) is 0 Å². The molecular formula is C13H17N3O. The van der Waals surface area contributed by atoms with Crippen LogP contribution in [-0.2, 0) is 0 Å². The number of hydrogen-bond donors (Lipinski definition) is 1. The Morgan fingerprint density at radius 1 is 1.24 bits per heavy atom. The fourth-order valence-electron chi connectivity index (χ4n) is 1.70. The molecule has 0 saturated carbocycles. The van der Waals surface area contributed by atoms with E-state index in [0.29, 0.717) is 5.88 Å². The minimum absolute atomic E-state index is 0.0779. The zero-order valence-corrected chi connectivity index (χ0v) is 10.4. The van der Waals surface area contributed by atoms with Gasteiger partial charge in [-0.1, -0.05) is 12.1 Å². The van der Waals surface area contributed by atoms with Crippen LogP contribution in [0.2, 0.25) is 0 Å². The molecule has 1 unspecified atom stereocenters. The van der Waals surface area contributed by atoms with E-state index in [-0.39, 0.29) is 6.10 Å². The van der Waals surface area contributed by atoms with Crippen LogP contribution in [0.25, 0.3) is 11.0 Å². The number of hydrogen-bond acceptors (Lipinski definition) is 4. The van der Waals surface area contributed by atoms with Crippen molar-refractivity contribution in [2.24, 2.45) is 0 Å². The summed E-state index contributed by atoms with van der Waals surface area (Å²) in [5, 5.41) is 3.07. The number of ether oxygens (including phenoxy) is 1. The summed E-state index contributed by atoms with van der Waals surface area (Å²) < 4.78 is 5.76. The molecular weight excluding hydrogens is 214 g/mol. The summed E-state index contributed by atoms with van der Waals surface area (Å²) in [6.07, 6.45) is 0.0779. The average Bonchev–Trinajstić information content (AvgIpc) is 2.30. The Bertz CT molecular complexity index is 513. The second-order valence-corrected chi connectivity index (χ2v) is 4.09. The Balaban J connectivity index is 2.31. The third-order valence-electron chi connectivity index (χ3n) is 2.51. The highest BCUT2D eigenvalue weighted by atomic mass is 16.5. The van der Waals surface area contributed by atoms with Gasteiger partial charge in [0.25, 0.3) is 0 Å². The Kier molecular flexibility index (Phi) is 3.54. The fourth-order valence-corrected chi connectivity index (χ4v) is 1.70. The van der Waals surface area contributed by atoms with Gasteiger partial charge in [0, 0.05) is 6.54 Å². The maximum atomic E-state index is 5.76. The number of aromatic nitrogens is 2. The zero-order valence-electron chi connectivity index (χ0n) is 10.4. The SMILES string of the molecule is CNCC(C)Oc1nc2ccccc2nc1C. The van der Waals surface area contributed by atoms with E-state index in [1.165, 1.54) is 0 Å². The molecule has 0 bridgehead atoms. The molecule has 17 heavy (non-hydrogen) atoms. The van der Waals surface area contributed by atoms with Crippen molar-refractivity contribution in [2.75, 3.05) is 13.6 Å². The molecule has 0 fully saturated rings. The largest absolute Gasteiger partial charge is 0.472 e. The van der Waals surface area contributed by atoms with Gasteiger partial charge in [0.1, 0.15) is 11.8 Å². The maximum Gasteiger partial charge on any atom is 0.236 e. The summed E-state index contributed by atoms with van der Waals surface area (Å²) >= 11 is 0. The van der Waals surface area contributed by atoms with Crippen LogP contribution in [0.3, 0.4) is 0 Å². The topological polar surface area (TPSA) is 47.0 Å². The fraction of sp³-hybridized carbons (Fsp3) is 0.385. The van der Waals surface area contributed by atoms with Gasteiger partial charge in [-0.25, -0.2) is 9.97 Å². The molecule has 90 valence electrons. The molecule has 0 aliphatic rings. The van der Waals surface area contributed by atoms with Crippen molar-refractivity contribution in [2.45, 2.75) is 20.0 Å². The zero-order chi connectivity index (χ0) is 12.3. The summed E-state index contributed by atoms with van der Waals surface area (Å²) in [5.41, 5.74) is 2.59. The summed E-state index contributed by atoms with van der Waals surface area (Å²) in [4.78, 5) is 8.97. The van der Waals surface area contributed by atoms with E-state index >= 15 is 0 Å². The minimum Gasteiger partial charge on any atom is -0.472 e. The molecule has 4 nitrogen and oxygen atoms in total. The first kappa shape index (κ1) is 11.8. The minimum atomic E-state index is 0.0779. The number of rotatable bonds is 4. The predicted molar refractivity (Wildman–Crippen MR) is 68.3 cm³/mol. The van der Waals surface area contributed by atoms with Crippen molar-refractivity contribution in [3.8, 4) is 5.88 Å². The van der Waals surface area contributed by atoms with Gasteiger partial charge < -0.3 is 10.1 Å². The first-order valence-electron chi connectivity index (χ1n) is 5.75. The van der Waals surface area contributed by atoms with Crippen LogP contribution >= 0.6 is 0 Å². The van der Waals surface area contributed by atoms with Gasteiger partial charge in [0.05, 0.1) is 11.0 Å². The van der Waals surface area contributed by atoms with Gasteiger partial charge in [0.15, 0.2) is 0 Å². The maximum absolute atomic E-state index is 5.76. The summed E-state index contributed by atoms with van der Waals surface area (Å²) in [6, 6.07) is 7.81. The van der Waals surface area contributed by atoms with Crippen molar-refractivity contribution < 1.29 is 4.74 Å². The first-order valence-corrected chi connectivity index (χ1v) is 5.75. The molecule has 1 N–H and O–H groups in total. The number of benzene rings is 1. The van der Waals surface area contributed by atoms with Crippen LogP contribution in [0.1, 0.15) is 12.6 Å². The smallest absolute Gasteiger partial charge is 0.236 e. The van der Waals surface area contributed by atoms with E-state index in [4.69, 9.17) is 4.74 Å². The number of nitrogens with zero attached hydrogens (tertiary/aromatic N) is 2. The molecule has 1 atom stereocenters. The van der Waals surface area contributed by atoms with E-state index in [0.717, 1.165) is 23.3 Å². The molecule has 0 radical (unpaired) electrons. The molecule has 4 heteroatoms. The monoisotopic (exact) mass is 231 g/mol. The van der Waals surface area contributed by atoms with Gasteiger partial charge >= 0.3 is 0 Å². The summed E-state index contributed by atoms with van der Waals surface area (Å²) in [7, 11) is 1.90. The number of fused-ring (bicyclic) bond motifs is 1. The number of para-hydroxylation sites is 2. The molecule has 0 saturated heterocycles. The van der Waals surface area contributed by atoms with Crippen molar-refractivity contribution in [3.05, 3.63) is 30.0 Å². The highest BCUT2D eigenvalue weighted by Crippen LogP contribution is 2.18. The highest BCUT2D eigenvalue weighted by molar-refractivity contribution is 5.74. The Hall–Kier alpha value is -1.68. The lowest BCUT2D eigenvalue weighted by Crippen LogP contribution is -2.26. The molecule has 2 rings (SSSR count). The lowest BCUT2D eigenvalue weighted by atomic mass is 10.3.